The van der Waals surface area contributed by atoms with E-state index >= 15 is 0 Å². The highest BCUT2D eigenvalue weighted by Gasteiger charge is 2.04. The van der Waals surface area contributed by atoms with Crippen LogP contribution >= 0.6 is 0 Å². The van der Waals surface area contributed by atoms with Gasteiger partial charge in [0.25, 0.3) is 5.91 Å². The van der Waals surface area contributed by atoms with Crippen LogP contribution in [0.15, 0.2) is 24.3 Å². The van der Waals surface area contributed by atoms with Crippen molar-refractivity contribution in [3.8, 4) is 5.75 Å². The Balaban J connectivity index is 2.08. The van der Waals surface area contributed by atoms with Gasteiger partial charge in [0.1, 0.15) is 5.75 Å². The third-order valence-corrected chi connectivity index (χ3v) is 2.69. The molecule has 0 heterocycles. The molecular formula is C15H24N2O3. The van der Waals surface area contributed by atoms with E-state index in [1.807, 2.05) is 12.1 Å². The van der Waals surface area contributed by atoms with Gasteiger partial charge in [0.2, 0.25) is 0 Å². The number of hydrogen-bond acceptors (Lipinski definition) is 4. The van der Waals surface area contributed by atoms with Gasteiger partial charge in [-0.2, -0.15) is 0 Å². The largest absolute Gasteiger partial charge is 0.482 e. The fourth-order valence-corrected chi connectivity index (χ4v) is 1.49. The molecule has 0 bridgehead atoms. The third-order valence-electron chi connectivity index (χ3n) is 2.69. The second-order valence-electron chi connectivity index (χ2n) is 4.97. The highest BCUT2D eigenvalue weighted by Crippen LogP contribution is 2.19. The number of nitrogen functional groups attached to an aromatic ring is 1. The molecule has 5 nitrogen and oxygen atoms in total. The summed E-state index contributed by atoms with van der Waals surface area (Å²) in [5.74, 6) is 0.978. The van der Waals surface area contributed by atoms with E-state index in [1.54, 1.807) is 12.1 Å². The zero-order valence-corrected chi connectivity index (χ0v) is 12.2. The molecule has 1 rings (SSSR count). The normalized spacial score (nSPS) is 10.6. The van der Waals surface area contributed by atoms with E-state index in [0.29, 0.717) is 30.5 Å². The Labute approximate surface area is 120 Å². The molecule has 3 N–H and O–H groups in total. The topological polar surface area (TPSA) is 73.6 Å². The second-order valence-corrected chi connectivity index (χ2v) is 4.97. The molecule has 0 saturated heterocycles. The van der Waals surface area contributed by atoms with Gasteiger partial charge in [-0.3, -0.25) is 4.79 Å². The van der Waals surface area contributed by atoms with Crippen LogP contribution in [0.3, 0.4) is 0 Å². The molecule has 0 aliphatic carbocycles. The van der Waals surface area contributed by atoms with Crippen LogP contribution in [0.25, 0.3) is 0 Å². The minimum atomic E-state index is -0.180. The lowest BCUT2D eigenvalue weighted by molar-refractivity contribution is -0.123. The van der Waals surface area contributed by atoms with Gasteiger partial charge in [0, 0.05) is 13.2 Å². The van der Waals surface area contributed by atoms with Crippen molar-refractivity contribution in [1.29, 1.82) is 0 Å². The van der Waals surface area contributed by atoms with Crippen molar-refractivity contribution in [2.24, 2.45) is 5.92 Å². The van der Waals surface area contributed by atoms with Crippen LogP contribution in [0.4, 0.5) is 5.69 Å². The fourth-order valence-electron chi connectivity index (χ4n) is 1.49. The molecule has 0 spiro atoms. The van der Waals surface area contributed by atoms with E-state index in [1.165, 1.54) is 0 Å². The van der Waals surface area contributed by atoms with Gasteiger partial charge in [-0.1, -0.05) is 26.0 Å². The maximum absolute atomic E-state index is 11.5. The van der Waals surface area contributed by atoms with Gasteiger partial charge in [-0.25, -0.2) is 0 Å². The quantitative estimate of drug-likeness (QED) is 0.534. The lowest BCUT2D eigenvalue weighted by Crippen LogP contribution is -2.31. The number of para-hydroxylation sites is 2. The Morgan fingerprint density at radius 2 is 2.05 bits per heavy atom. The number of amides is 1. The van der Waals surface area contributed by atoms with Gasteiger partial charge < -0.3 is 20.5 Å². The Morgan fingerprint density at radius 1 is 1.30 bits per heavy atom. The van der Waals surface area contributed by atoms with E-state index in [4.69, 9.17) is 15.2 Å². The molecular weight excluding hydrogens is 256 g/mol. The first kappa shape index (κ1) is 16.3. The predicted octanol–water partition coefficient (Wildman–Crippen LogP) is 1.83. The number of carbonyl (C=O) groups is 1. The molecule has 0 aromatic heterocycles. The number of nitrogens with one attached hydrogen (secondary N) is 1. The standard InChI is InChI=1S/C15H24N2O3/c1-12(2)7-9-19-10-8-17-15(18)11-20-14-6-4-3-5-13(14)16/h3-6,12H,7-11,16H2,1-2H3,(H,17,18). The summed E-state index contributed by atoms with van der Waals surface area (Å²) < 4.78 is 10.7. The van der Waals surface area contributed by atoms with Crippen molar-refractivity contribution < 1.29 is 14.3 Å². The number of ether oxygens (including phenoxy) is 2. The third kappa shape index (κ3) is 6.99. The Hall–Kier alpha value is -1.75. The summed E-state index contributed by atoms with van der Waals surface area (Å²) in [5, 5.41) is 2.73. The second kappa shape index (κ2) is 9.20. The van der Waals surface area contributed by atoms with E-state index < -0.39 is 0 Å². The number of nitrogens with two attached hydrogens (primary N) is 1. The minimum absolute atomic E-state index is 0.0415. The zero-order chi connectivity index (χ0) is 14.8. The highest BCUT2D eigenvalue weighted by atomic mass is 16.5. The summed E-state index contributed by atoms with van der Waals surface area (Å²) in [5.41, 5.74) is 6.23. The van der Waals surface area contributed by atoms with Crippen molar-refractivity contribution in [3.05, 3.63) is 24.3 Å². The summed E-state index contributed by atoms with van der Waals surface area (Å²) in [6, 6.07) is 7.09. The number of carbonyl (C=O) groups excluding carboxylic acids is 1. The Bertz CT molecular complexity index is 408. The summed E-state index contributed by atoms with van der Waals surface area (Å²) in [6.45, 7) is 6.00. The van der Waals surface area contributed by atoms with Crippen LogP contribution in [0, 0.1) is 5.92 Å². The summed E-state index contributed by atoms with van der Waals surface area (Å²) in [4.78, 5) is 11.5. The molecule has 1 aromatic carbocycles. The smallest absolute Gasteiger partial charge is 0.258 e. The molecule has 0 atom stereocenters. The zero-order valence-electron chi connectivity index (χ0n) is 12.2. The molecule has 20 heavy (non-hydrogen) atoms. The summed E-state index contributed by atoms with van der Waals surface area (Å²) in [6.07, 6.45) is 1.03. The van der Waals surface area contributed by atoms with Crippen molar-refractivity contribution in [3.63, 3.8) is 0 Å². The van der Waals surface area contributed by atoms with Crippen LogP contribution < -0.4 is 15.8 Å². The summed E-state index contributed by atoms with van der Waals surface area (Å²) >= 11 is 0. The molecule has 0 radical (unpaired) electrons. The monoisotopic (exact) mass is 280 g/mol. The van der Waals surface area contributed by atoms with Crippen LogP contribution in [-0.2, 0) is 9.53 Å². The minimum Gasteiger partial charge on any atom is -0.482 e. The first-order valence-electron chi connectivity index (χ1n) is 6.91. The first-order chi connectivity index (χ1) is 9.59. The first-order valence-corrected chi connectivity index (χ1v) is 6.91. The van der Waals surface area contributed by atoms with Gasteiger partial charge in [-0.15, -0.1) is 0 Å². The van der Waals surface area contributed by atoms with Gasteiger partial charge in [-0.05, 0) is 24.5 Å². The van der Waals surface area contributed by atoms with Crippen LogP contribution in [0.5, 0.6) is 5.75 Å². The molecule has 0 fully saturated rings. The maximum atomic E-state index is 11.5. The van der Waals surface area contributed by atoms with Crippen LogP contribution in [-0.4, -0.2) is 32.3 Å². The number of rotatable bonds is 9. The summed E-state index contributed by atoms with van der Waals surface area (Å²) in [7, 11) is 0. The average Bonchev–Trinajstić information content (AvgIpc) is 2.41. The molecule has 0 saturated carbocycles. The van der Waals surface area contributed by atoms with Crippen molar-refractivity contribution in [2.75, 3.05) is 32.1 Å². The van der Waals surface area contributed by atoms with E-state index in [9.17, 15) is 4.79 Å². The lowest BCUT2D eigenvalue weighted by atomic mass is 10.1. The highest BCUT2D eigenvalue weighted by molar-refractivity contribution is 5.77. The van der Waals surface area contributed by atoms with Gasteiger partial charge >= 0.3 is 0 Å². The Morgan fingerprint density at radius 3 is 2.75 bits per heavy atom. The van der Waals surface area contributed by atoms with Crippen LogP contribution in [0.1, 0.15) is 20.3 Å². The SMILES string of the molecule is CC(C)CCOCCNC(=O)COc1ccccc1N. The number of anilines is 1. The maximum Gasteiger partial charge on any atom is 0.258 e. The average molecular weight is 280 g/mol. The van der Waals surface area contributed by atoms with E-state index in [-0.39, 0.29) is 12.5 Å². The molecule has 0 aliphatic heterocycles. The van der Waals surface area contributed by atoms with Crippen molar-refractivity contribution in [1.82, 2.24) is 5.32 Å². The molecule has 0 aliphatic rings. The van der Waals surface area contributed by atoms with Crippen molar-refractivity contribution in [2.45, 2.75) is 20.3 Å². The molecule has 5 heteroatoms. The van der Waals surface area contributed by atoms with Gasteiger partial charge in [0.05, 0.1) is 12.3 Å². The van der Waals surface area contributed by atoms with Gasteiger partial charge in [0.15, 0.2) is 6.61 Å². The molecule has 112 valence electrons. The van der Waals surface area contributed by atoms with E-state index in [0.717, 1.165) is 13.0 Å². The fraction of sp³-hybridized carbons (Fsp3) is 0.533. The Kier molecular flexibility index (Phi) is 7.50. The lowest BCUT2D eigenvalue weighted by Gasteiger charge is -2.10. The molecule has 1 aromatic rings. The predicted molar refractivity (Wildman–Crippen MR) is 79.6 cm³/mol. The number of benzene rings is 1. The van der Waals surface area contributed by atoms with Crippen LogP contribution in [0.2, 0.25) is 0 Å². The molecule has 0 unspecified atom stereocenters. The van der Waals surface area contributed by atoms with Crippen molar-refractivity contribution >= 4 is 11.6 Å². The van der Waals surface area contributed by atoms with E-state index in [2.05, 4.69) is 19.2 Å². The number of hydrogen-bond donors (Lipinski definition) is 2. The molecule has 1 amide bonds.